The predicted molar refractivity (Wildman–Crippen MR) is 177 cm³/mol. The fraction of sp³-hybridized carbons (Fsp3) is 0.946. The quantitative estimate of drug-likeness (QED) is 0.240. The topological polar surface area (TPSA) is 170 Å². The summed E-state index contributed by atoms with van der Waals surface area (Å²) in [4.78, 5) is 24.3. The molecular weight excluding hydrogens is 636 g/mol. The summed E-state index contributed by atoms with van der Waals surface area (Å²) in [5, 5.41) is 42.0. The number of hydrogen-bond donors (Lipinski definition) is 4. The molecule has 1 spiro atoms. The third-order valence-corrected chi connectivity index (χ3v) is 12.9. The summed E-state index contributed by atoms with van der Waals surface area (Å²) in [6, 6.07) is 0. The fourth-order valence-electron chi connectivity index (χ4n) is 9.66. The largest absolute Gasteiger partial charge is 0.481 e. The van der Waals surface area contributed by atoms with Gasteiger partial charge in [-0.2, -0.15) is 0 Å². The molecule has 49 heavy (non-hydrogen) atoms. The molecule has 0 aromatic carbocycles. The summed E-state index contributed by atoms with van der Waals surface area (Å²) >= 11 is 0. The van der Waals surface area contributed by atoms with Gasteiger partial charge in [0, 0.05) is 37.0 Å². The summed E-state index contributed by atoms with van der Waals surface area (Å²) < 4.78 is 39.1. The average molecular weight is 699 g/mol. The lowest BCUT2D eigenvalue weighted by atomic mass is 9.78. The van der Waals surface area contributed by atoms with E-state index in [1.807, 2.05) is 27.7 Å². The van der Waals surface area contributed by atoms with E-state index in [1.165, 1.54) is 6.92 Å². The van der Waals surface area contributed by atoms with E-state index in [1.54, 1.807) is 6.92 Å². The first kappa shape index (κ1) is 38.8. The highest BCUT2D eigenvalue weighted by Gasteiger charge is 2.61. The maximum atomic E-state index is 12.3. The van der Waals surface area contributed by atoms with Crippen molar-refractivity contribution in [1.82, 2.24) is 0 Å². The van der Waals surface area contributed by atoms with E-state index in [9.17, 15) is 30.0 Å². The molecule has 0 amide bonds. The van der Waals surface area contributed by atoms with Crippen molar-refractivity contribution in [3.63, 3.8) is 0 Å². The zero-order chi connectivity index (χ0) is 36.3. The number of hydrogen-bond acceptors (Lipinski definition) is 11. The first-order valence-electron chi connectivity index (χ1n) is 18.6. The zero-order valence-electron chi connectivity index (χ0n) is 30.9. The van der Waals surface area contributed by atoms with Crippen LogP contribution in [0, 0.1) is 35.5 Å². The Kier molecular flexibility index (Phi) is 11.3. The second kappa shape index (κ2) is 14.2. The highest BCUT2D eigenvalue weighted by atomic mass is 16.7. The van der Waals surface area contributed by atoms with Gasteiger partial charge in [-0.3, -0.25) is 9.59 Å². The smallest absolute Gasteiger partial charge is 0.309 e. The first-order valence-corrected chi connectivity index (χ1v) is 18.6. The lowest BCUT2D eigenvalue weighted by molar-refractivity contribution is -0.335. The van der Waals surface area contributed by atoms with Crippen LogP contribution in [0.2, 0.25) is 0 Å². The minimum atomic E-state index is -1.58. The van der Waals surface area contributed by atoms with Crippen LogP contribution in [0.15, 0.2) is 0 Å². The number of carbonyl (C=O) groups is 2. The van der Waals surface area contributed by atoms with Crippen molar-refractivity contribution in [1.29, 1.82) is 0 Å². The van der Waals surface area contributed by atoms with Gasteiger partial charge in [0.25, 0.3) is 0 Å². The van der Waals surface area contributed by atoms with Gasteiger partial charge in [-0.25, -0.2) is 0 Å². The zero-order valence-corrected chi connectivity index (χ0v) is 30.9. The summed E-state index contributed by atoms with van der Waals surface area (Å²) in [5.74, 6) is -5.90. The minimum absolute atomic E-state index is 0.121. The van der Waals surface area contributed by atoms with Crippen LogP contribution in [0.1, 0.15) is 114 Å². The number of esters is 1. The Balaban J connectivity index is 1.27. The standard InChI is InChI=1S/C37H62O12/c1-10-28(40)45-30(24(7)33(41)42)23(6)31-22(5)25(39)17-36(47-31)14-13-34(8,49-36)27-11-12-35(9,46-27)32-20(3)16-26(44-32)29-19(2)15-21(4)37(43,18-38)48-29/h19-27,29-32,38-39,43H,10-18H2,1-9H3,(H,41,42)/t19-,20-,21+,22-,23-,24-,25+,26-,27-,29+,30-,31+,32+,34+,35+,36-,37+/m0/s1. The van der Waals surface area contributed by atoms with E-state index < -0.39 is 71.5 Å². The number of aliphatic hydroxyl groups is 3. The van der Waals surface area contributed by atoms with Crippen molar-refractivity contribution in [3.8, 4) is 0 Å². The number of aliphatic hydroxyl groups excluding tert-OH is 2. The predicted octanol–water partition coefficient (Wildman–Crippen LogP) is 4.19. The molecule has 12 nitrogen and oxygen atoms in total. The third kappa shape index (κ3) is 7.32. The molecule has 0 aromatic heterocycles. The van der Waals surface area contributed by atoms with E-state index in [-0.39, 0.29) is 60.9 Å². The molecule has 0 aliphatic carbocycles. The minimum Gasteiger partial charge on any atom is -0.481 e. The van der Waals surface area contributed by atoms with Crippen LogP contribution < -0.4 is 0 Å². The molecule has 0 radical (unpaired) electrons. The molecule has 5 rings (SSSR count). The molecular formula is C37H62O12. The number of ether oxygens (including phenoxy) is 6. The van der Waals surface area contributed by atoms with Crippen molar-refractivity contribution in [2.75, 3.05) is 6.61 Å². The molecule has 5 heterocycles. The fourth-order valence-corrected chi connectivity index (χ4v) is 9.66. The van der Waals surface area contributed by atoms with E-state index in [2.05, 4.69) is 20.8 Å². The van der Waals surface area contributed by atoms with Gasteiger partial charge in [0.2, 0.25) is 0 Å². The molecule has 5 fully saturated rings. The number of rotatable bonds is 10. The Morgan fingerprint density at radius 1 is 0.959 bits per heavy atom. The van der Waals surface area contributed by atoms with E-state index >= 15 is 0 Å². The number of aliphatic carboxylic acids is 1. The van der Waals surface area contributed by atoms with Crippen molar-refractivity contribution in [2.24, 2.45) is 35.5 Å². The number of carboxylic acids is 1. The van der Waals surface area contributed by atoms with Gasteiger partial charge in [-0.15, -0.1) is 0 Å². The van der Waals surface area contributed by atoms with Crippen molar-refractivity contribution >= 4 is 11.9 Å². The van der Waals surface area contributed by atoms with Crippen LogP contribution in [0.3, 0.4) is 0 Å². The molecule has 0 unspecified atom stereocenters. The summed E-state index contributed by atoms with van der Waals surface area (Å²) in [7, 11) is 0. The lowest BCUT2D eigenvalue weighted by Crippen LogP contribution is -2.57. The van der Waals surface area contributed by atoms with Crippen molar-refractivity contribution in [3.05, 3.63) is 0 Å². The molecule has 4 N–H and O–H groups in total. The second-order valence-electron chi connectivity index (χ2n) is 16.8. The van der Waals surface area contributed by atoms with E-state index in [0.717, 1.165) is 25.7 Å². The Hall–Kier alpha value is -1.38. The van der Waals surface area contributed by atoms with Gasteiger partial charge in [0.15, 0.2) is 11.6 Å². The summed E-state index contributed by atoms with van der Waals surface area (Å²) in [6.45, 7) is 16.7. The van der Waals surface area contributed by atoms with Crippen molar-refractivity contribution in [2.45, 2.75) is 179 Å². The van der Waals surface area contributed by atoms with Crippen LogP contribution in [0.4, 0.5) is 0 Å². The third-order valence-electron chi connectivity index (χ3n) is 12.9. The highest BCUT2D eigenvalue weighted by Crippen LogP contribution is 2.54. The van der Waals surface area contributed by atoms with E-state index in [0.29, 0.717) is 12.8 Å². The maximum Gasteiger partial charge on any atom is 0.309 e. The van der Waals surface area contributed by atoms with Crippen LogP contribution >= 0.6 is 0 Å². The Bertz CT molecular complexity index is 1200. The van der Waals surface area contributed by atoms with Gasteiger partial charge >= 0.3 is 11.9 Å². The molecule has 282 valence electrons. The van der Waals surface area contributed by atoms with Crippen molar-refractivity contribution < 1.29 is 58.4 Å². The monoisotopic (exact) mass is 698 g/mol. The van der Waals surface area contributed by atoms with Gasteiger partial charge in [-0.1, -0.05) is 41.5 Å². The summed E-state index contributed by atoms with van der Waals surface area (Å²) in [6.07, 6.45) is 1.24. The van der Waals surface area contributed by atoms with Crippen LogP contribution in [0.25, 0.3) is 0 Å². The molecule has 0 saturated carbocycles. The Labute approximate surface area is 291 Å². The lowest BCUT2D eigenvalue weighted by Gasteiger charge is -2.48. The normalized spacial score (nSPS) is 49.1. The van der Waals surface area contributed by atoms with Gasteiger partial charge < -0.3 is 48.8 Å². The Morgan fingerprint density at radius 3 is 2.29 bits per heavy atom. The number of carboxylic acid groups (broad SMARTS) is 1. The number of carbonyl (C=O) groups excluding carboxylic acids is 1. The molecule has 5 saturated heterocycles. The molecule has 17 atom stereocenters. The second-order valence-corrected chi connectivity index (χ2v) is 16.8. The van der Waals surface area contributed by atoms with Gasteiger partial charge in [0.05, 0.1) is 60.4 Å². The summed E-state index contributed by atoms with van der Waals surface area (Å²) in [5.41, 5.74) is -1.29. The van der Waals surface area contributed by atoms with Crippen LogP contribution in [-0.2, 0) is 38.0 Å². The Morgan fingerprint density at radius 2 is 1.65 bits per heavy atom. The van der Waals surface area contributed by atoms with Crippen LogP contribution in [-0.4, -0.2) is 104 Å². The molecule has 0 bridgehead atoms. The first-order chi connectivity index (χ1) is 22.8. The molecule has 0 aromatic rings. The molecule has 12 heteroatoms. The van der Waals surface area contributed by atoms with Gasteiger partial charge in [0.1, 0.15) is 6.10 Å². The van der Waals surface area contributed by atoms with Crippen LogP contribution in [0.5, 0.6) is 0 Å². The average Bonchev–Trinajstić information content (AvgIpc) is 3.74. The molecule has 5 aliphatic rings. The highest BCUT2D eigenvalue weighted by molar-refractivity contribution is 5.72. The molecule has 5 aliphatic heterocycles. The van der Waals surface area contributed by atoms with E-state index in [4.69, 9.17) is 28.4 Å². The maximum absolute atomic E-state index is 12.3. The van der Waals surface area contributed by atoms with Gasteiger partial charge in [-0.05, 0) is 64.7 Å². The SMILES string of the molecule is CCC(=O)O[C@@H]([C@H](C)[C@@H]1O[C@]2(CC[C@](C)([C@@H]3CC[C@](C)([C@@H]4O[C@H]([C@@H]5O[C@](O)(CO)[C@H](C)C[C@@H]5C)C[C@@H]4C)O3)O2)C[C@@H](O)[C@@H]1C)[C@H](C)C(=O)O.